The van der Waals surface area contributed by atoms with Crippen molar-refractivity contribution in [3.8, 4) is 0 Å². The summed E-state index contributed by atoms with van der Waals surface area (Å²) in [6.07, 6.45) is 2.96. The van der Waals surface area contributed by atoms with E-state index in [9.17, 15) is 5.21 Å². The van der Waals surface area contributed by atoms with Crippen molar-refractivity contribution in [1.29, 1.82) is 0 Å². The standard InChI is InChI=1S/C6H4N3O/c10-9-3-1-2-5-4-7-8-6(5)9/h1-4H. The molecular weight excluding hydrogens is 130 g/mol. The lowest BCUT2D eigenvalue weighted by molar-refractivity contribution is -0.593. The maximum Gasteiger partial charge on any atom is 0.362 e. The first-order valence-corrected chi connectivity index (χ1v) is 2.84. The highest BCUT2D eigenvalue weighted by atomic mass is 16.5. The van der Waals surface area contributed by atoms with Crippen molar-refractivity contribution in [2.75, 3.05) is 0 Å². The summed E-state index contributed by atoms with van der Waals surface area (Å²) in [6, 6.07) is 3.46. The van der Waals surface area contributed by atoms with Gasteiger partial charge in [0, 0.05) is 0 Å². The van der Waals surface area contributed by atoms with Crippen LogP contribution in [-0.4, -0.2) is 6.21 Å². The Morgan fingerprint density at radius 1 is 1.50 bits per heavy atom. The number of hydrogen-bond acceptors (Lipinski definition) is 2. The van der Waals surface area contributed by atoms with Crippen molar-refractivity contribution in [1.82, 2.24) is 5.43 Å². The highest BCUT2D eigenvalue weighted by molar-refractivity contribution is 5.86. The monoisotopic (exact) mass is 134 g/mol. The minimum Gasteiger partial charge on any atom is -0.710 e. The summed E-state index contributed by atoms with van der Waals surface area (Å²) in [4.78, 5) is 0. The van der Waals surface area contributed by atoms with Crippen LogP contribution in [0.1, 0.15) is 5.56 Å². The van der Waals surface area contributed by atoms with Crippen molar-refractivity contribution >= 4 is 12.0 Å². The first kappa shape index (κ1) is 5.22. The Labute approximate surface area is 57.4 Å². The maximum atomic E-state index is 10.9. The smallest absolute Gasteiger partial charge is 0.362 e. The molecule has 1 aliphatic rings. The van der Waals surface area contributed by atoms with Crippen LogP contribution < -0.4 is 10.2 Å². The third-order valence-corrected chi connectivity index (χ3v) is 1.31. The molecule has 4 heteroatoms. The van der Waals surface area contributed by atoms with Crippen LogP contribution in [0.5, 0.6) is 0 Å². The van der Waals surface area contributed by atoms with E-state index in [1.807, 2.05) is 0 Å². The SMILES string of the molecule is [O-][n+]1cccc2c1[N]N=C2. The van der Waals surface area contributed by atoms with Gasteiger partial charge >= 0.3 is 5.82 Å². The summed E-state index contributed by atoms with van der Waals surface area (Å²) >= 11 is 0. The van der Waals surface area contributed by atoms with Gasteiger partial charge in [0.25, 0.3) is 0 Å². The van der Waals surface area contributed by atoms with Crippen LogP contribution in [0.25, 0.3) is 0 Å². The number of pyridine rings is 1. The molecule has 0 spiro atoms. The Bertz CT molecular complexity index is 295. The van der Waals surface area contributed by atoms with E-state index in [0.717, 1.165) is 5.56 Å². The first-order valence-electron chi connectivity index (χ1n) is 2.84. The molecule has 1 radical (unpaired) electrons. The fraction of sp³-hybridized carbons (Fsp3) is 0. The second-order valence-electron chi connectivity index (χ2n) is 1.96. The minimum absolute atomic E-state index is 0.377. The van der Waals surface area contributed by atoms with Crippen LogP contribution in [0.3, 0.4) is 0 Å². The molecule has 10 heavy (non-hydrogen) atoms. The minimum atomic E-state index is 0.377. The van der Waals surface area contributed by atoms with E-state index < -0.39 is 0 Å². The summed E-state index contributed by atoms with van der Waals surface area (Å²) in [5.41, 5.74) is 4.39. The van der Waals surface area contributed by atoms with Crippen LogP contribution in [0.4, 0.5) is 5.82 Å². The van der Waals surface area contributed by atoms with Gasteiger partial charge in [0.2, 0.25) is 0 Å². The molecular formula is C6H4N3O. The van der Waals surface area contributed by atoms with Crippen LogP contribution in [0.15, 0.2) is 23.4 Å². The predicted molar refractivity (Wildman–Crippen MR) is 34.8 cm³/mol. The molecule has 0 fully saturated rings. The Morgan fingerprint density at radius 2 is 2.40 bits per heavy atom. The molecule has 2 rings (SSSR count). The van der Waals surface area contributed by atoms with Gasteiger partial charge in [-0.1, -0.05) is 0 Å². The molecule has 0 aromatic carbocycles. The fourth-order valence-corrected chi connectivity index (χ4v) is 0.846. The van der Waals surface area contributed by atoms with Gasteiger partial charge in [-0.05, 0) is 17.2 Å². The van der Waals surface area contributed by atoms with Crippen molar-refractivity contribution in [3.05, 3.63) is 29.1 Å². The molecule has 49 valence electrons. The summed E-state index contributed by atoms with van der Waals surface area (Å²) in [5, 5.41) is 14.4. The lowest BCUT2D eigenvalue weighted by atomic mass is 10.3. The predicted octanol–water partition coefficient (Wildman–Crippen LogP) is -0.0966. The molecule has 2 heterocycles. The molecule has 1 aromatic rings. The number of rotatable bonds is 0. The lowest BCUT2D eigenvalue weighted by Crippen LogP contribution is -2.28. The van der Waals surface area contributed by atoms with Crippen molar-refractivity contribution in [3.63, 3.8) is 0 Å². The quantitative estimate of drug-likeness (QED) is 0.361. The van der Waals surface area contributed by atoms with Crippen LogP contribution in [-0.2, 0) is 0 Å². The number of nitrogens with zero attached hydrogens (tertiary/aromatic N) is 3. The Balaban J connectivity index is 2.66. The molecule has 0 saturated carbocycles. The second kappa shape index (κ2) is 1.70. The summed E-state index contributed by atoms with van der Waals surface area (Å²) in [5.74, 6) is 0.377. The van der Waals surface area contributed by atoms with Gasteiger partial charge in [-0.3, -0.25) is 0 Å². The first-order chi connectivity index (χ1) is 4.88. The van der Waals surface area contributed by atoms with Gasteiger partial charge in [0.1, 0.15) is 0 Å². The maximum absolute atomic E-state index is 10.9. The molecule has 0 amide bonds. The average molecular weight is 134 g/mol. The van der Waals surface area contributed by atoms with E-state index in [4.69, 9.17) is 0 Å². The van der Waals surface area contributed by atoms with Crippen LogP contribution in [0, 0.1) is 5.21 Å². The van der Waals surface area contributed by atoms with E-state index in [0.29, 0.717) is 10.5 Å². The number of hydrogen-bond donors (Lipinski definition) is 0. The van der Waals surface area contributed by atoms with Gasteiger partial charge < -0.3 is 5.21 Å². The highest BCUT2D eigenvalue weighted by Crippen LogP contribution is 2.11. The zero-order chi connectivity index (χ0) is 6.97. The van der Waals surface area contributed by atoms with Gasteiger partial charge in [-0.15, -0.1) is 0 Å². The van der Waals surface area contributed by atoms with E-state index in [1.54, 1.807) is 18.3 Å². The van der Waals surface area contributed by atoms with E-state index in [2.05, 4.69) is 10.5 Å². The van der Waals surface area contributed by atoms with E-state index >= 15 is 0 Å². The Morgan fingerprint density at radius 3 is 3.20 bits per heavy atom. The van der Waals surface area contributed by atoms with Crippen LogP contribution in [0.2, 0.25) is 0 Å². The molecule has 4 nitrogen and oxygen atoms in total. The second-order valence-corrected chi connectivity index (χ2v) is 1.96. The zero-order valence-corrected chi connectivity index (χ0v) is 5.06. The summed E-state index contributed by atoms with van der Waals surface area (Å²) < 4.78 is 0.697. The fourth-order valence-electron chi connectivity index (χ4n) is 0.846. The average Bonchev–Trinajstić information content (AvgIpc) is 2.36. The topological polar surface area (TPSA) is 53.4 Å². The van der Waals surface area contributed by atoms with Crippen LogP contribution >= 0.6 is 0 Å². The van der Waals surface area contributed by atoms with E-state index in [1.165, 1.54) is 6.20 Å². The van der Waals surface area contributed by atoms with Crippen molar-refractivity contribution in [2.24, 2.45) is 5.10 Å². The van der Waals surface area contributed by atoms with E-state index in [-0.39, 0.29) is 0 Å². The zero-order valence-electron chi connectivity index (χ0n) is 5.06. The third-order valence-electron chi connectivity index (χ3n) is 1.31. The van der Waals surface area contributed by atoms with Gasteiger partial charge in [-0.25, -0.2) is 4.73 Å². The Kier molecular flexibility index (Phi) is 0.887. The number of aromatic nitrogens is 1. The lowest BCUT2D eigenvalue weighted by Gasteiger charge is -2.00. The molecule has 0 unspecified atom stereocenters. The number of fused-ring (bicyclic) bond motifs is 1. The normalized spacial score (nSPS) is 12.8. The van der Waals surface area contributed by atoms with Gasteiger partial charge in [0.15, 0.2) is 0 Å². The third kappa shape index (κ3) is 0.556. The van der Waals surface area contributed by atoms with Crippen molar-refractivity contribution in [2.45, 2.75) is 0 Å². The molecule has 0 aliphatic carbocycles. The molecule has 0 N–H and O–H groups in total. The molecule has 0 atom stereocenters. The highest BCUT2D eigenvalue weighted by Gasteiger charge is 2.18. The summed E-state index contributed by atoms with van der Waals surface area (Å²) in [7, 11) is 0. The van der Waals surface area contributed by atoms with Gasteiger partial charge in [-0.2, -0.15) is 0 Å². The molecule has 0 bridgehead atoms. The van der Waals surface area contributed by atoms with Gasteiger partial charge in [0.05, 0.1) is 23.4 Å². The largest absolute Gasteiger partial charge is 0.710 e. The van der Waals surface area contributed by atoms with Crippen molar-refractivity contribution < 1.29 is 4.73 Å². The Hall–Kier alpha value is -1.58. The molecule has 0 saturated heterocycles. The summed E-state index contributed by atoms with van der Waals surface area (Å²) in [6.45, 7) is 0. The molecule has 1 aliphatic heterocycles. The molecule has 1 aromatic heterocycles.